The van der Waals surface area contributed by atoms with Crippen LogP contribution in [-0.4, -0.2) is 53.1 Å². The lowest BCUT2D eigenvalue weighted by molar-refractivity contribution is -0.126. The van der Waals surface area contributed by atoms with E-state index in [1.165, 1.54) is 23.0 Å². The highest BCUT2D eigenvalue weighted by Gasteiger charge is 2.39. The van der Waals surface area contributed by atoms with Crippen molar-refractivity contribution in [1.82, 2.24) is 35.0 Å². The third-order valence-corrected chi connectivity index (χ3v) is 6.99. The standard InChI is InChI=1S/C26H33F4N7O3/c1-15(2)37-19(7-11-31-37)24(40)35-22(16-4-9-26(29,30)10-5-16)18-14-36-20(33-18)12-17(13-32-36)23(39)34-21(38)6-8-25(3,27)28/h7,11-16,22-23,39H,4-6,8-10H2,1-3H3,(H,34,38)(H,35,40)/t22-,23+/m0/s1. The van der Waals surface area contributed by atoms with Crippen LogP contribution in [0.15, 0.2) is 30.7 Å². The molecule has 0 aliphatic heterocycles. The second-order valence-corrected chi connectivity index (χ2v) is 10.7. The molecule has 2 atom stereocenters. The van der Waals surface area contributed by atoms with Crippen molar-refractivity contribution in [2.75, 3.05) is 0 Å². The summed E-state index contributed by atoms with van der Waals surface area (Å²) in [6, 6.07) is 2.25. The Morgan fingerprint density at radius 1 is 1.20 bits per heavy atom. The molecule has 1 aliphatic rings. The van der Waals surface area contributed by atoms with Gasteiger partial charge in [0.1, 0.15) is 5.69 Å². The summed E-state index contributed by atoms with van der Waals surface area (Å²) in [6.45, 7) is 4.47. The number of alkyl halides is 4. The zero-order valence-electron chi connectivity index (χ0n) is 22.5. The second-order valence-electron chi connectivity index (χ2n) is 10.7. The monoisotopic (exact) mass is 567 g/mol. The SMILES string of the molecule is CC(C)n1nccc1C(=O)N[C@H](c1cn2ncc([C@@H](O)NC(=O)CCC(C)(F)F)cc2n1)C1CCC(F)(F)CC1. The highest BCUT2D eigenvalue weighted by molar-refractivity contribution is 5.92. The van der Waals surface area contributed by atoms with Crippen molar-refractivity contribution in [1.29, 1.82) is 0 Å². The number of nitrogens with one attached hydrogen (secondary N) is 2. The molecular weight excluding hydrogens is 534 g/mol. The summed E-state index contributed by atoms with van der Waals surface area (Å²) >= 11 is 0. The Balaban J connectivity index is 1.57. The van der Waals surface area contributed by atoms with E-state index < -0.39 is 48.8 Å². The number of fused-ring (bicyclic) bond motifs is 1. The Bertz CT molecular complexity index is 1340. The van der Waals surface area contributed by atoms with Gasteiger partial charge in [-0.1, -0.05) is 0 Å². The smallest absolute Gasteiger partial charge is 0.270 e. The normalized spacial score (nSPS) is 17.6. The Kier molecular flexibility index (Phi) is 8.47. The molecule has 0 unspecified atom stereocenters. The van der Waals surface area contributed by atoms with Crippen molar-refractivity contribution in [3.05, 3.63) is 47.7 Å². The van der Waals surface area contributed by atoms with Crippen molar-refractivity contribution in [2.45, 2.75) is 89.5 Å². The highest BCUT2D eigenvalue weighted by Crippen LogP contribution is 2.41. The average molecular weight is 568 g/mol. The number of amides is 2. The maximum absolute atomic E-state index is 13.9. The van der Waals surface area contributed by atoms with Crippen molar-refractivity contribution in [3.8, 4) is 0 Å². The molecule has 4 rings (SSSR count). The van der Waals surface area contributed by atoms with Crippen LogP contribution in [0.4, 0.5) is 17.6 Å². The third-order valence-electron chi connectivity index (χ3n) is 6.99. The number of carbonyl (C=O) groups is 2. The summed E-state index contributed by atoms with van der Waals surface area (Å²) in [5.41, 5.74) is 1.16. The second kappa shape index (κ2) is 11.5. The van der Waals surface area contributed by atoms with Gasteiger partial charge in [-0.25, -0.2) is 27.1 Å². The van der Waals surface area contributed by atoms with Gasteiger partial charge in [0.2, 0.25) is 17.8 Å². The van der Waals surface area contributed by atoms with E-state index in [1.54, 1.807) is 16.9 Å². The summed E-state index contributed by atoms with van der Waals surface area (Å²) in [5.74, 6) is -7.26. The van der Waals surface area contributed by atoms with Gasteiger partial charge in [0, 0.05) is 43.5 Å². The van der Waals surface area contributed by atoms with Crippen molar-refractivity contribution in [2.24, 2.45) is 5.92 Å². The molecule has 0 spiro atoms. The Morgan fingerprint density at radius 2 is 1.90 bits per heavy atom. The van der Waals surface area contributed by atoms with Gasteiger partial charge in [-0.05, 0) is 51.7 Å². The van der Waals surface area contributed by atoms with Crippen LogP contribution >= 0.6 is 0 Å². The van der Waals surface area contributed by atoms with Gasteiger partial charge >= 0.3 is 0 Å². The number of nitrogens with zero attached hydrogens (tertiary/aromatic N) is 5. The number of hydrogen-bond donors (Lipinski definition) is 3. The Morgan fingerprint density at radius 3 is 2.55 bits per heavy atom. The lowest BCUT2D eigenvalue weighted by Gasteiger charge is -2.33. The van der Waals surface area contributed by atoms with Crippen LogP contribution in [0, 0.1) is 5.92 Å². The summed E-state index contributed by atoms with van der Waals surface area (Å²) < 4.78 is 56.9. The third kappa shape index (κ3) is 7.14. The summed E-state index contributed by atoms with van der Waals surface area (Å²) in [5, 5.41) is 24.0. The quantitative estimate of drug-likeness (QED) is 0.247. The van der Waals surface area contributed by atoms with Crippen molar-refractivity contribution < 1.29 is 32.3 Å². The largest absolute Gasteiger partial charge is 0.369 e. The van der Waals surface area contributed by atoms with E-state index >= 15 is 0 Å². The van der Waals surface area contributed by atoms with Crippen LogP contribution in [0.3, 0.4) is 0 Å². The molecule has 0 bridgehead atoms. The van der Waals surface area contributed by atoms with Crippen molar-refractivity contribution >= 4 is 17.5 Å². The minimum Gasteiger partial charge on any atom is -0.369 e. The fraction of sp³-hybridized carbons (Fsp3) is 0.577. The first kappa shape index (κ1) is 29.4. The number of aromatic nitrogens is 5. The molecule has 0 saturated heterocycles. The zero-order valence-corrected chi connectivity index (χ0v) is 22.5. The van der Waals surface area contributed by atoms with Crippen LogP contribution in [0.1, 0.15) is 99.4 Å². The van der Waals surface area contributed by atoms with Gasteiger partial charge in [-0.2, -0.15) is 10.2 Å². The molecule has 0 aromatic carbocycles. The summed E-state index contributed by atoms with van der Waals surface area (Å²) in [7, 11) is 0. The molecule has 10 nitrogen and oxygen atoms in total. The predicted octanol–water partition coefficient (Wildman–Crippen LogP) is 4.35. The Hall–Kier alpha value is -3.55. The first-order valence-electron chi connectivity index (χ1n) is 13.1. The highest BCUT2D eigenvalue weighted by atomic mass is 19.3. The van der Waals surface area contributed by atoms with Crippen LogP contribution < -0.4 is 10.6 Å². The molecule has 3 N–H and O–H groups in total. The van der Waals surface area contributed by atoms with Crippen LogP contribution in [0.5, 0.6) is 0 Å². The number of hydrogen-bond acceptors (Lipinski definition) is 6. The molecule has 1 fully saturated rings. The molecule has 14 heteroatoms. The van der Waals surface area contributed by atoms with E-state index in [4.69, 9.17) is 0 Å². The molecule has 3 heterocycles. The van der Waals surface area contributed by atoms with Crippen LogP contribution in [0.2, 0.25) is 0 Å². The molecule has 2 amide bonds. The predicted molar refractivity (Wildman–Crippen MR) is 136 cm³/mol. The Labute approximate surface area is 228 Å². The minimum atomic E-state index is -3.01. The van der Waals surface area contributed by atoms with E-state index in [0.29, 0.717) is 18.3 Å². The molecule has 218 valence electrons. The van der Waals surface area contributed by atoms with E-state index in [2.05, 4.69) is 25.8 Å². The van der Waals surface area contributed by atoms with Gasteiger partial charge < -0.3 is 15.7 Å². The fourth-order valence-corrected chi connectivity index (χ4v) is 4.80. The first-order valence-corrected chi connectivity index (χ1v) is 13.1. The summed E-state index contributed by atoms with van der Waals surface area (Å²) in [6.07, 6.45) is 1.47. The lowest BCUT2D eigenvalue weighted by Crippen LogP contribution is -2.38. The number of rotatable bonds is 10. The minimum absolute atomic E-state index is 0.0780. The van der Waals surface area contributed by atoms with E-state index in [0.717, 1.165) is 0 Å². The molecular formula is C26H33F4N7O3. The first-order chi connectivity index (χ1) is 18.7. The number of aliphatic hydroxyl groups excluding tert-OH is 1. The maximum Gasteiger partial charge on any atom is 0.270 e. The molecule has 3 aromatic rings. The van der Waals surface area contributed by atoms with Gasteiger partial charge in [-0.3, -0.25) is 14.3 Å². The maximum atomic E-state index is 13.9. The number of halogens is 4. The summed E-state index contributed by atoms with van der Waals surface area (Å²) in [4.78, 5) is 29.8. The van der Waals surface area contributed by atoms with Gasteiger partial charge in [0.25, 0.3) is 5.91 Å². The number of carbonyl (C=O) groups excluding carboxylic acids is 2. The van der Waals surface area contributed by atoms with E-state index in [9.17, 15) is 32.3 Å². The molecule has 1 saturated carbocycles. The lowest BCUT2D eigenvalue weighted by atomic mass is 9.81. The molecule has 1 aliphatic carbocycles. The molecule has 0 radical (unpaired) electrons. The van der Waals surface area contributed by atoms with E-state index in [-0.39, 0.29) is 48.9 Å². The zero-order chi connectivity index (χ0) is 29.2. The number of imidazole rings is 1. The topological polar surface area (TPSA) is 126 Å². The van der Waals surface area contributed by atoms with E-state index in [1.807, 2.05) is 13.8 Å². The van der Waals surface area contributed by atoms with Crippen LogP contribution in [-0.2, 0) is 4.79 Å². The average Bonchev–Trinajstić information content (AvgIpc) is 3.53. The molecule has 3 aromatic heterocycles. The van der Waals surface area contributed by atoms with Gasteiger partial charge in [0.05, 0.1) is 24.1 Å². The van der Waals surface area contributed by atoms with Crippen molar-refractivity contribution in [3.63, 3.8) is 0 Å². The number of aliphatic hydroxyl groups is 1. The van der Waals surface area contributed by atoms with Crippen LogP contribution in [0.25, 0.3) is 5.65 Å². The molecule has 40 heavy (non-hydrogen) atoms. The fourth-order valence-electron chi connectivity index (χ4n) is 4.80. The van der Waals surface area contributed by atoms with Gasteiger partial charge in [0.15, 0.2) is 11.9 Å². The van der Waals surface area contributed by atoms with Gasteiger partial charge in [-0.15, -0.1) is 0 Å².